The summed E-state index contributed by atoms with van der Waals surface area (Å²) in [5, 5.41) is 6.65. The van der Waals surface area contributed by atoms with Gasteiger partial charge in [0.2, 0.25) is 5.91 Å². The third kappa shape index (κ3) is 3.19. The average Bonchev–Trinajstić information content (AvgIpc) is 2.83. The summed E-state index contributed by atoms with van der Waals surface area (Å²) in [6.07, 6.45) is 6.89. The molecule has 160 valence electrons. The van der Waals surface area contributed by atoms with Gasteiger partial charge in [0.05, 0.1) is 0 Å². The first-order valence-corrected chi connectivity index (χ1v) is 11.3. The van der Waals surface area contributed by atoms with Gasteiger partial charge in [-0.1, -0.05) is 29.3 Å². The SMILES string of the molecule is C[C@@]1(c2ccc(Cl)cc2Cl)NC(=O)N(CC(=O)NC23CC4CC(CC(C4)C2)C3)C1=O. The number of carbonyl (C=O) groups excluding carboxylic acids is 3. The van der Waals surface area contributed by atoms with E-state index in [0.29, 0.717) is 33.4 Å². The molecule has 4 amide bonds. The van der Waals surface area contributed by atoms with Gasteiger partial charge in [-0.3, -0.25) is 14.5 Å². The summed E-state index contributed by atoms with van der Waals surface area (Å²) in [7, 11) is 0. The molecule has 4 saturated carbocycles. The van der Waals surface area contributed by atoms with Crippen molar-refractivity contribution in [2.75, 3.05) is 6.54 Å². The number of urea groups is 1. The van der Waals surface area contributed by atoms with Crippen LogP contribution in [0.4, 0.5) is 4.79 Å². The van der Waals surface area contributed by atoms with Crippen LogP contribution in [0.3, 0.4) is 0 Å². The minimum atomic E-state index is -1.33. The first-order valence-electron chi connectivity index (χ1n) is 10.6. The number of imide groups is 1. The van der Waals surface area contributed by atoms with Gasteiger partial charge in [0.25, 0.3) is 5.91 Å². The van der Waals surface area contributed by atoms with Crippen LogP contribution in [-0.2, 0) is 15.1 Å². The van der Waals surface area contributed by atoms with Crippen LogP contribution in [0.1, 0.15) is 51.0 Å². The predicted molar refractivity (Wildman–Crippen MR) is 113 cm³/mol. The standard InChI is InChI=1S/C22H25Cl2N3O3/c1-21(16-3-2-15(23)7-17(16)24)19(29)27(20(30)26-21)11-18(28)25-22-8-12-4-13(9-22)6-14(5-12)10-22/h2-3,7,12-14H,4-6,8-11H2,1H3,(H,25,28)(H,26,30)/t12?,13?,14?,21-,22?/m0/s1. The molecule has 1 aromatic carbocycles. The fourth-order valence-corrected chi connectivity index (χ4v) is 7.26. The van der Waals surface area contributed by atoms with E-state index in [-0.39, 0.29) is 18.0 Å². The van der Waals surface area contributed by atoms with Crippen molar-refractivity contribution < 1.29 is 14.4 Å². The van der Waals surface area contributed by atoms with Crippen molar-refractivity contribution in [3.05, 3.63) is 33.8 Å². The number of hydrogen-bond donors (Lipinski definition) is 2. The zero-order chi connectivity index (χ0) is 21.3. The van der Waals surface area contributed by atoms with Crippen LogP contribution < -0.4 is 10.6 Å². The highest BCUT2D eigenvalue weighted by atomic mass is 35.5. The molecule has 1 aromatic rings. The summed E-state index contributed by atoms with van der Waals surface area (Å²) in [6, 6.07) is 4.19. The van der Waals surface area contributed by atoms with Crippen molar-refractivity contribution >= 4 is 41.0 Å². The van der Waals surface area contributed by atoms with Crippen LogP contribution >= 0.6 is 23.2 Å². The van der Waals surface area contributed by atoms with E-state index in [9.17, 15) is 14.4 Å². The molecular weight excluding hydrogens is 425 g/mol. The maximum atomic E-state index is 13.1. The molecule has 30 heavy (non-hydrogen) atoms. The van der Waals surface area contributed by atoms with Gasteiger partial charge in [0, 0.05) is 21.1 Å². The quantitative estimate of drug-likeness (QED) is 0.685. The Balaban J connectivity index is 1.31. The summed E-state index contributed by atoms with van der Waals surface area (Å²) in [5.41, 5.74) is -1.04. The molecule has 5 fully saturated rings. The Labute approximate surface area is 185 Å². The number of halogens is 2. The summed E-state index contributed by atoms with van der Waals surface area (Å²) in [6.45, 7) is 1.31. The van der Waals surface area contributed by atoms with E-state index in [1.54, 1.807) is 19.1 Å². The lowest BCUT2D eigenvalue weighted by Gasteiger charge is -2.56. The maximum Gasteiger partial charge on any atom is 0.325 e. The van der Waals surface area contributed by atoms with E-state index in [4.69, 9.17) is 23.2 Å². The molecule has 1 heterocycles. The van der Waals surface area contributed by atoms with Gasteiger partial charge in [-0.25, -0.2) is 4.79 Å². The zero-order valence-electron chi connectivity index (χ0n) is 16.8. The van der Waals surface area contributed by atoms with Gasteiger partial charge in [-0.05, 0) is 75.3 Å². The Morgan fingerprint density at radius 2 is 1.73 bits per heavy atom. The molecule has 1 atom stereocenters. The summed E-state index contributed by atoms with van der Waals surface area (Å²) in [4.78, 5) is 39.6. The summed E-state index contributed by atoms with van der Waals surface area (Å²) < 4.78 is 0. The highest BCUT2D eigenvalue weighted by Gasteiger charge is 2.53. The first-order chi connectivity index (χ1) is 14.2. The van der Waals surface area contributed by atoms with Crippen LogP contribution in [0.25, 0.3) is 0 Å². The molecule has 1 aliphatic heterocycles. The molecule has 2 N–H and O–H groups in total. The Bertz CT molecular complexity index is 914. The number of nitrogens with zero attached hydrogens (tertiary/aromatic N) is 1. The van der Waals surface area contributed by atoms with Crippen LogP contribution in [0.15, 0.2) is 18.2 Å². The van der Waals surface area contributed by atoms with E-state index in [1.165, 1.54) is 25.3 Å². The number of amides is 4. The van der Waals surface area contributed by atoms with Gasteiger partial charge in [0.15, 0.2) is 0 Å². The minimum Gasteiger partial charge on any atom is -0.349 e. The van der Waals surface area contributed by atoms with Gasteiger partial charge >= 0.3 is 6.03 Å². The van der Waals surface area contributed by atoms with E-state index < -0.39 is 17.5 Å². The van der Waals surface area contributed by atoms with Crippen LogP contribution in [0, 0.1) is 17.8 Å². The topological polar surface area (TPSA) is 78.5 Å². The van der Waals surface area contributed by atoms with Crippen molar-refractivity contribution in [1.29, 1.82) is 0 Å². The Hall–Kier alpha value is -1.79. The largest absolute Gasteiger partial charge is 0.349 e. The lowest BCUT2D eigenvalue weighted by Crippen LogP contribution is -2.61. The number of carbonyl (C=O) groups is 3. The molecule has 8 heteroatoms. The lowest BCUT2D eigenvalue weighted by atomic mass is 9.53. The molecule has 0 radical (unpaired) electrons. The van der Waals surface area contributed by atoms with E-state index >= 15 is 0 Å². The predicted octanol–water partition coefficient (Wildman–Crippen LogP) is 3.85. The molecule has 5 aliphatic rings. The number of nitrogens with one attached hydrogen (secondary N) is 2. The molecule has 6 nitrogen and oxygen atoms in total. The summed E-state index contributed by atoms with van der Waals surface area (Å²) in [5.74, 6) is 1.33. The molecule has 4 aliphatic carbocycles. The Morgan fingerprint density at radius 1 is 1.13 bits per heavy atom. The van der Waals surface area contributed by atoms with Crippen LogP contribution in [0.5, 0.6) is 0 Å². The van der Waals surface area contributed by atoms with E-state index in [1.807, 2.05) is 0 Å². The van der Waals surface area contributed by atoms with Gasteiger partial charge in [-0.2, -0.15) is 0 Å². The lowest BCUT2D eigenvalue weighted by molar-refractivity contribution is -0.136. The highest BCUT2D eigenvalue weighted by Crippen LogP contribution is 2.55. The van der Waals surface area contributed by atoms with Crippen LogP contribution in [-0.4, -0.2) is 34.8 Å². The smallest absolute Gasteiger partial charge is 0.325 e. The molecular formula is C22H25Cl2N3O3. The van der Waals surface area contributed by atoms with Crippen molar-refractivity contribution in [1.82, 2.24) is 15.5 Å². The Morgan fingerprint density at radius 3 is 2.30 bits per heavy atom. The van der Waals surface area contributed by atoms with E-state index in [0.717, 1.165) is 24.2 Å². The third-order valence-corrected chi connectivity index (χ3v) is 8.04. The maximum absolute atomic E-state index is 13.1. The molecule has 1 saturated heterocycles. The fraction of sp³-hybridized carbons (Fsp3) is 0.591. The molecule has 0 unspecified atom stereocenters. The van der Waals surface area contributed by atoms with E-state index in [2.05, 4.69) is 10.6 Å². The van der Waals surface area contributed by atoms with Crippen molar-refractivity contribution in [3.8, 4) is 0 Å². The molecule has 4 bridgehead atoms. The number of rotatable bonds is 4. The molecule has 0 aromatic heterocycles. The number of hydrogen-bond acceptors (Lipinski definition) is 3. The monoisotopic (exact) mass is 449 g/mol. The second kappa shape index (κ2) is 6.86. The van der Waals surface area contributed by atoms with Gasteiger partial charge in [-0.15, -0.1) is 0 Å². The van der Waals surface area contributed by atoms with Crippen LogP contribution in [0.2, 0.25) is 10.0 Å². The van der Waals surface area contributed by atoms with Gasteiger partial charge in [0.1, 0.15) is 12.1 Å². The number of benzene rings is 1. The molecule has 0 spiro atoms. The van der Waals surface area contributed by atoms with Crippen molar-refractivity contribution in [2.24, 2.45) is 17.8 Å². The molecule has 6 rings (SSSR count). The first kappa shape index (κ1) is 20.1. The zero-order valence-corrected chi connectivity index (χ0v) is 18.4. The van der Waals surface area contributed by atoms with Gasteiger partial charge < -0.3 is 10.6 Å². The second-order valence-electron chi connectivity index (χ2n) is 9.82. The fourth-order valence-electron chi connectivity index (χ4n) is 6.66. The second-order valence-corrected chi connectivity index (χ2v) is 10.7. The Kier molecular flexibility index (Phi) is 4.60. The summed E-state index contributed by atoms with van der Waals surface area (Å²) >= 11 is 12.2. The highest BCUT2D eigenvalue weighted by molar-refractivity contribution is 6.35. The minimum absolute atomic E-state index is 0.159. The average molecular weight is 450 g/mol. The van der Waals surface area contributed by atoms with Crippen molar-refractivity contribution in [2.45, 2.75) is 56.5 Å². The third-order valence-electron chi connectivity index (χ3n) is 7.49. The normalized spacial score (nSPS) is 36.9. The van der Waals surface area contributed by atoms with Crippen molar-refractivity contribution in [3.63, 3.8) is 0 Å².